The normalized spacial score (nSPS) is 10.3. The highest BCUT2D eigenvalue weighted by Crippen LogP contribution is 2.11. The highest BCUT2D eigenvalue weighted by atomic mass is 35.5. The van der Waals surface area contributed by atoms with E-state index in [4.69, 9.17) is 5.73 Å². The number of thiazole rings is 1. The summed E-state index contributed by atoms with van der Waals surface area (Å²) in [4.78, 5) is 27.3. The summed E-state index contributed by atoms with van der Waals surface area (Å²) in [5.41, 5.74) is 7.52. The molecule has 132 valence electrons. The number of nitrogens with two attached hydrogens (primary N) is 1. The summed E-state index contributed by atoms with van der Waals surface area (Å²) in [7, 11) is 0. The van der Waals surface area contributed by atoms with Gasteiger partial charge in [0.1, 0.15) is 6.54 Å². The Labute approximate surface area is 152 Å². The molecule has 0 bridgehead atoms. The van der Waals surface area contributed by atoms with Crippen LogP contribution in [0.3, 0.4) is 0 Å². The van der Waals surface area contributed by atoms with E-state index in [0.717, 1.165) is 22.6 Å². The van der Waals surface area contributed by atoms with E-state index in [-0.39, 0.29) is 29.7 Å². The van der Waals surface area contributed by atoms with Gasteiger partial charge >= 0.3 is 4.87 Å². The lowest BCUT2D eigenvalue weighted by molar-refractivity contribution is -0.132. The average Bonchev–Trinajstić information content (AvgIpc) is 2.78. The average molecular weight is 370 g/mol. The van der Waals surface area contributed by atoms with Gasteiger partial charge in [-0.1, -0.05) is 41.7 Å². The maximum atomic E-state index is 12.7. The molecule has 0 saturated heterocycles. The van der Waals surface area contributed by atoms with E-state index in [1.807, 2.05) is 44.2 Å². The lowest BCUT2D eigenvalue weighted by Gasteiger charge is -2.23. The monoisotopic (exact) mass is 369 g/mol. The van der Waals surface area contributed by atoms with Gasteiger partial charge in [-0.3, -0.25) is 14.2 Å². The SMILES string of the molecule is Cc1sc(=O)n(CC(=O)N(CCCN)Cc2ccccc2)c1C.Cl. The van der Waals surface area contributed by atoms with Gasteiger partial charge in [0.05, 0.1) is 0 Å². The van der Waals surface area contributed by atoms with Crippen molar-refractivity contribution in [1.29, 1.82) is 0 Å². The van der Waals surface area contributed by atoms with Gasteiger partial charge in [-0.15, -0.1) is 12.4 Å². The lowest BCUT2D eigenvalue weighted by atomic mass is 10.2. The Hall–Kier alpha value is -1.63. The number of rotatable bonds is 7. The number of nitrogens with zero attached hydrogens (tertiary/aromatic N) is 2. The van der Waals surface area contributed by atoms with Gasteiger partial charge in [0.15, 0.2) is 0 Å². The number of carbonyl (C=O) groups excluding carboxylic acids is 1. The van der Waals surface area contributed by atoms with Crippen LogP contribution < -0.4 is 10.6 Å². The highest BCUT2D eigenvalue weighted by molar-refractivity contribution is 7.09. The van der Waals surface area contributed by atoms with Crippen molar-refractivity contribution in [3.63, 3.8) is 0 Å². The van der Waals surface area contributed by atoms with Gasteiger partial charge in [-0.2, -0.15) is 0 Å². The number of amides is 1. The number of aromatic nitrogens is 1. The fourth-order valence-corrected chi connectivity index (χ4v) is 3.21. The molecule has 5 nitrogen and oxygen atoms in total. The van der Waals surface area contributed by atoms with E-state index in [1.165, 1.54) is 11.3 Å². The molecule has 2 N–H and O–H groups in total. The fourth-order valence-electron chi connectivity index (χ4n) is 2.38. The van der Waals surface area contributed by atoms with E-state index in [1.54, 1.807) is 9.47 Å². The van der Waals surface area contributed by atoms with E-state index in [0.29, 0.717) is 19.6 Å². The lowest BCUT2D eigenvalue weighted by Crippen LogP contribution is -2.36. The van der Waals surface area contributed by atoms with Gasteiger partial charge in [-0.05, 0) is 32.4 Å². The molecular formula is C17H24ClN3O2S. The van der Waals surface area contributed by atoms with Gasteiger partial charge in [0, 0.05) is 23.7 Å². The molecule has 1 aromatic carbocycles. The summed E-state index contributed by atoms with van der Waals surface area (Å²) >= 11 is 1.19. The Morgan fingerprint density at radius 1 is 1.25 bits per heavy atom. The molecule has 2 rings (SSSR count). The van der Waals surface area contributed by atoms with Gasteiger partial charge in [0.25, 0.3) is 0 Å². The number of benzene rings is 1. The summed E-state index contributed by atoms with van der Waals surface area (Å²) in [6, 6.07) is 9.85. The van der Waals surface area contributed by atoms with Crippen LogP contribution in [-0.4, -0.2) is 28.5 Å². The van der Waals surface area contributed by atoms with Crippen molar-refractivity contribution in [2.75, 3.05) is 13.1 Å². The molecule has 1 amide bonds. The first kappa shape index (κ1) is 20.4. The predicted octanol–water partition coefficient (Wildman–Crippen LogP) is 2.33. The third-order valence-electron chi connectivity index (χ3n) is 3.87. The van der Waals surface area contributed by atoms with Crippen molar-refractivity contribution in [3.05, 3.63) is 56.1 Å². The number of hydrogen-bond donors (Lipinski definition) is 1. The van der Waals surface area contributed by atoms with Crippen molar-refractivity contribution in [2.45, 2.75) is 33.4 Å². The van der Waals surface area contributed by atoms with Crippen LogP contribution in [0, 0.1) is 13.8 Å². The molecule has 2 aromatic rings. The molecular weight excluding hydrogens is 346 g/mol. The van der Waals surface area contributed by atoms with Crippen LogP contribution in [0.5, 0.6) is 0 Å². The predicted molar refractivity (Wildman–Crippen MR) is 101 cm³/mol. The van der Waals surface area contributed by atoms with E-state index >= 15 is 0 Å². The first-order valence-corrected chi connectivity index (χ1v) is 8.53. The minimum atomic E-state index is -0.0770. The Kier molecular flexibility index (Phi) is 8.18. The second kappa shape index (κ2) is 9.61. The Morgan fingerprint density at radius 3 is 2.46 bits per heavy atom. The van der Waals surface area contributed by atoms with Crippen molar-refractivity contribution >= 4 is 29.7 Å². The van der Waals surface area contributed by atoms with E-state index in [9.17, 15) is 9.59 Å². The molecule has 0 aliphatic heterocycles. The summed E-state index contributed by atoms with van der Waals surface area (Å²) in [5.74, 6) is -0.0506. The topological polar surface area (TPSA) is 68.3 Å². The van der Waals surface area contributed by atoms with Crippen LogP contribution in [0.4, 0.5) is 0 Å². The van der Waals surface area contributed by atoms with Crippen LogP contribution >= 0.6 is 23.7 Å². The molecule has 24 heavy (non-hydrogen) atoms. The Morgan fingerprint density at radius 2 is 1.92 bits per heavy atom. The molecule has 0 unspecified atom stereocenters. The fraction of sp³-hybridized carbons (Fsp3) is 0.412. The van der Waals surface area contributed by atoms with E-state index in [2.05, 4.69) is 0 Å². The first-order chi connectivity index (χ1) is 11.0. The minimum Gasteiger partial charge on any atom is -0.337 e. The highest BCUT2D eigenvalue weighted by Gasteiger charge is 2.17. The summed E-state index contributed by atoms with van der Waals surface area (Å²) in [5, 5.41) is 0. The van der Waals surface area contributed by atoms with Crippen LogP contribution in [0.25, 0.3) is 0 Å². The Balaban J connectivity index is 0.00000288. The molecule has 0 saturated carbocycles. The summed E-state index contributed by atoms with van der Waals surface area (Å²) in [6.07, 6.45) is 0.745. The van der Waals surface area contributed by atoms with Gasteiger partial charge in [-0.25, -0.2) is 0 Å². The minimum absolute atomic E-state index is 0. The summed E-state index contributed by atoms with van der Waals surface area (Å²) < 4.78 is 1.56. The van der Waals surface area contributed by atoms with Gasteiger partial charge < -0.3 is 10.6 Å². The molecule has 0 aliphatic carbocycles. The maximum absolute atomic E-state index is 12.7. The number of hydrogen-bond acceptors (Lipinski definition) is 4. The largest absolute Gasteiger partial charge is 0.337 e. The van der Waals surface area contributed by atoms with Crippen molar-refractivity contribution in [3.8, 4) is 0 Å². The molecule has 0 aliphatic rings. The third kappa shape index (κ3) is 5.19. The third-order valence-corrected chi connectivity index (χ3v) is 4.87. The quantitative estimate of drug-likeness (QED) is 0.814. The van der Waals surface area contributed by atoms with Crippen LogP contribution in [0.2, 0.25) is 0 Å². The molecule has 0 atom stereocenters. The van der Waals surface area contributed by atoms with E-state index < -0.39 is 0 Å². The molecule has 0 fully saturated rings. The second-order valence-corrected chi connectivity index (χ2v) is 6.70. The molecule has 7 heteroatoms. The second-order valence-electron chi connectivity index (χ2n) is 5.54. The standard InChI is InChI=1S/C17H23N3O2S.ClH/c1-13-14(2)23-17(22)20(13)12-16(21)19(10-6-9-18)11-15-7-4-3-5-8-15;/h3-5,7-8H,6,9-12,18H2,1-2H3;1H. The number of halogens is 1. The number of aryl methyl sites for hydroxylation is 1. The van der Waals surface area contributed by atoms with Crippen molar-refractivity contribution in [1.82, 2.24) is 9.47 Å². The molecule has 1 aromatic heterocycles. The Bertz CT molecular complexity index is 712. The maximum Gasteiger partial charge on any atom is 0.308 e. The molecule has 1 heterocycles. The smallest absolute Gasteiger partial charge is 0.308 e. The zero-order chi connectivity index (χ0) is 16.8. The zero-order valence-corrected chi connectivity index (χ0v) is 15.7. The van der Waals surface area contributed by atoms with Crippen molar-refractivity contribution in [2.24, 2.45) is 5.73 Å². The van der Waals surface area contributed by atoms with Gasteiger partial charge in [0.2, 0.25) is 5.91 Å². The molecule has 0 spiro atoms. The first-order valence-electron chi connectivity index (χ1n) is 7.71. The van der Waals surface area contributed by atoms with Crippen LogP contribution in [0.1, 0.15) is 22.6 Å². The molecule has 0 radical (unpaired) electrons. The van der Waals surface area contributed by atoms with Crippen LogP contribution in [0.15, 0.2) is 35.1 Å². The van der Waals surface area contributed by atoms with Crippen molar-refractivity contribution < 1.29 is 4.79 Å². The summed E-state index contributed by atoms with van der Waals surface area (Å²) in [6.45, 7) is 5.54. The zero-order valence-electron chi connectivity index (χ0n) is 14.0. The number of carbonyl (C=O) groups is 1. The van der Waals surface area contributed by atoms with Crippen LogP contribution in [-0.2, 0) is 17.9 Å².